The highest BCUT2D eigenvalue weighted by atomic mass is 16.3. The van der Waals surface area contributed by atoms with Crippen molar-refractivity contribution in [3.8, 4) is 11.5 Å². The molecular weight excluding hydrogens is 266 g/mol. The molecule has 0 aliphatic rings. The van der Waals surface area contributed by atoms with Gasteiger partial charge in [0, 0.05) is 19.7 Å². The molecule has 0 fully saturated rings. The topological polar surface area (TPSA) is 60.1 Å². The number of unbranched alkanes of at least 4 members (excludes halogenated alkanes) is 3. The van der Waals surface area contributed by atoms with E-state index in [0.717, 1.165) is 18.6 Å². The number of carbonyl (C=O) groups excluding carboxylic acids is 1. The van der Waals surface area contributed by atoms with Crippen LogP contribution in [0.25, 0.3) is 11.5 Å². The van der Waals surface area contributed by atoms with Gasteiger partial charge in [0.1, 0.15) is 17.1 Å². The third-order valence-electron chi connectivity index (χ3n) is 3.42. The number of furan rings is 1. The highest BCUT2D eigenvalue weighted by Crippen LogP contribution is 2.21. The van der Waals surface area contributed by atoms with Gasteiger partial charge in [0.05, 0.1) is 0 Å². The Kier molecular flexibility index (Phi) is 5.20. The van der Waals surface area contributed by atoms with Crippen LogP contribution in [0.5, 0.6) is 0 Å². The molecule has 2 rings (SSSR count). The summed E-state index contributed by atoms with van der Waals surface area (Å²) in [5.74, 6) is 1.43. The predicted octanol–water partition coefficient (Wildman–Crippen LogP) is 3.30. The standard InChI is InChI=1S/C16H23N3O2/c1-4-5-6-7-10-17-16(20)14-11-13(18-19(14)3)15-9-8-12(2)21-15/h8-9,11H,4-7,10H2,1-3H3,(H,17,20). The van der Waals surface area contributed by atoms with Crippen molar-refractivity contribution in [1.82, 2.24) is 15.1 Å². The zero-order chi connectivity index (χ0) is 15.2. The molecule has 2 aromatic heterocycles. The van der Waals surface area contributed by atoms with Crippen LogP contribution in [0.4, 0.5) is 0 Å². The molecule has 0 aliphatic heterocycles. The number of amides is 1. The maximum Gasteiger partial charge on any atom is 0.269 e. The van der Waals surface area contributed by atoms with Gasteiger partial charge in [-0.1, -0.05) is 26.2 Å². The van der Waals surface area contributed by atoms with Crippen LogP contribution in [0.2, 0.25) is 0 Å². The molecule has 0 radical (unpaired) electrons. The van der Waals surface area contributed by atoms with Crippen LogP contribution < -0.4 is 5.32 Å². The molecule has 21 heavy (non-hydrogen) atoms. The number of aryl methyl sites for hydroxylation is 2. The maximum absolute atomic E-state index is 12.1. The van der Waals surface area contributed by atoms with Gasteiger partial charge >= 0.3 is 0 Å². The second-order valence-corrected chi connectivity index (χ2v) is 5.27. The zero-order valence-corrected chi connectivity index (χ0v) is 13.0. The minimum Gasteiger partial charge on any atom is -0.460 e. The average Bonchev–Trinajstić information content (AvgIpc) is 3.04. The van der Waals surface area contributed by atoms with Crippen molar-refractivity contribution in [2.45, 2.75) is 39.5 Å². The Hall–Kier alpha value is -2.04. The van der Waals surface area contributed by atoms with Crippen LogP contribution in [0.3, 0.4) is 0 Å². The summed E-state index contributed by atoms with van der Waals surface area (Å²) in [4.78, 5) is 12.1. The van der Waals surface area contributed by atoms with Crippen molar-refractivity contribution in [2.75, 3.05) is 6.54 Å². The Morgan fingerprint density at radius 1 is 1.33 bits per heavy atom. The first-order valence-electron chi connectivity index (χ1n) is 7.51. The molecule has 5 heteroatoms. The van der Waals surface area contributed by atoms with Gasteiger partial charge in [-0.3, -0.25) is 9.48 Å². The Bertz CT molecular complexity index is 598. The van der Waals surface area contributed by atoms with Gasteiger partial charge in [0.2, 0.25) is 0 Å². The number of nitrogens with one attached hydrogen (secondary N) is 1. The lowest BCUT2D eigenvalue weighted by Gasteiger charge is -2.04. The molecule has 0 atom stereocenters. The minimum absolute atomic E-state index is 0.0870. The fraction of sp³-hybridized carbons (Fsp3) is 0.500. The maximum atomic E-state index is 12.1. The highest BCUT2D eigenvalue weighted by molar-refractivity contribution is 5.93. The second kappa shape index (κ2) is 7.11. The molecule has 0 unspecified atom stereocenters. The number of carbonyl (C=O) groups is 1. The van der Waals surface area contributed by atoms with E-state index in [0.29, 0.717) is 23.7 Å². The Morgan fingerprint density at radius 3 is 2.81 bits per heavy atom. The van der Waals surface area contributed by atoms with E-state index in [4.69, 9.17) is 4.42 Å². The summed E-state index contributed by atoms with van der Waals surface area (Å²) in [6.45, 7) is 4.77. The molecule has 0 saturated heterocycles. The molecule has 1 amide bonds. The van der Waals surface area contributed by atoms with Gasteiger partial charge in [-0.25, -0.2) is 0 Å². The first kappa shape index (κ1) is 15.4. The van der Waals surface area contributed by atoms with E-state index >= 15 is 0 Å². The first-order chi connectivity index (χ1) is 10.1. The highest BCUT2D eigenvalue weighted by Gasteiger charge is 2.15. The van der Waals surface area contributed by atoms with E-state index < -0.39 is 0 Å². The van der Waals surface area contributed by atoms with Crippen LogP contribution >= 0.6 is 0 Å². The van der Waals surface area contributed by atoms with E-state index in [2.05, 4.69) is 17.3 Å². The van der Waals surface area contributed by atoms with Crippen LogP contribution in [0, 0.1) is 6.92 Å². The van der Waals surface area contributed by atoms with E-state index in [1.165, 1.54) is 12.8 Å². The van der Waals surface area contributed by atoms with Gasteiger partial charge in [-0.05, 0) is 25.5 Å². The lowest BCUT2D eigenvalue weighted by molar-refractivity contribution is 0.0943. The lowest BCUT2D eigenvalue weighted by Crippen LogP contribution is -2.26. The second-order valence-electron chi connectivity index (χ2n) is 5.27. The van der Waals surface area contributed by atoms with Gasteiger partial charge in [0.15, 0.2) is 5.76 Å². The van der Waals surface area contributed by atoms with E-state index in [9.17, 15) is 4.79 Å². The number of rotatable bonds is 7. The average molecular weight is 289 g/mol. The molecule has 2 heterocycles. The van der Waals surface area contributed by atoms with Gasteiger partial charge < -0.3 is 9.73 Å². The summed E-state index contributed by atoms with van der Waals surface area (Å²) in [6.07, 6.45) is 4.58. The van der Waals surface area contributed by atoms with E-state index in [1.54, 1.807) is 17.8 Å². The molecule has 1 N–H and O–H groups in total. The van der Waals surface area contributed by atoms with Crippen LogP contribution in [-0.2, 0) is 7.05 Å². The molecule has 0 bridgehead atoms. The van der Waals surface area contributed by atoms with Crippen LogP contribution in [0.1, 0.15) is 48.9 Å². The van der Waals surface area contributed by atoms with Crippen molar-refractivity contribution in [2.24, 2.45) is 7.05 Å². The molecule has 114 valence electrons. The van der Waals surface area contributed by atoms with Crippen molar-refractivity contribution in [3.63, 3.8) is 0 Å². The molecule has 0 saturated carbocycles. The summed E-state index contributed by atoms with van der Waals surface area (Å²) in [7, 11) is 1.77. The number of nitrogens with zero attached hydrogens (tertiary/aromatic N) is 2. The Morgan fingerprint density at radius 2 is 2.14 bits per heavy atom. The predicted molar refractivity (Wildman–Crippen MR) is 82.1 cm³/mol. The van der Waals surface area contributed by atoms with E-state index in [-0.39, 0.29) is 5.91 Å². The largest absolute Gasteiger partial charge is 0.460 e. The third kappa shape index (κ3) is 3.97. The van der Waals surface area contributed by atoms with Gasteiger partial charge in [-0.2, -0.15) is 5.10 Å². The lowest BCUT2D eigenvalue weighted by atomic mass is 10.2. The fourth-order valence-electron chi connectivity index (χ4n) is 2.22. The monoisotopic (exact) mass is 289 g/mol. The van der Waals surface area contributed by atoms with Crippen molar-refractivity contribution >= 4 is 5.91 Å². The third-order valence-corrected chi connectivity index (χ3v) is 3.42. The molecule has 0 aliphatic carbocycles. The summed E-state index contributed by atoms with van der Waals surface area (Å²) in [5, 5.41) is 7.27. The smallest absolute Gasteiger partial charge is 0.269 e. The summed E-state index contributed by atoms with van der Waals surface area (Å²) in [5.41, 5.74) is 1.23. The minimum atomic E-state index is -0.0870. The fourth-order valence-corrected chi connectivity index (χ4v) is 2.22. The first-order valence-corrected chi connectivity index (χ1v) is 7.51. The SMILES string of the molecule is CCCCCCNC(=O)c1cc(-c2ccc(C)o2)nn1C. The Labute approximate surface area is 125 Å². The van der Waals surface area contributed by atoms with Gasteiger partial charge in [-0.15, -0.1) is 0 Å². The zero-order valence-electron chi connectivity index (χ0n) is 13.0. The summed E-state index contributed by atoms with van der Waals surface area (Å²) < 4.78 is 7.13. The van der Waals surface area contributed by atoms with Crippen LogP contribution in [-0.4, -0.2) is 22.2 Å². The molecule has 0 aromatic carbocycles. The number of hydrogen-bond acceptors (Lipinski definition) is 3. The number of aromatic nitrogens is 2. The summed E-state index contributed by atoms with van der Waals surface area (Å²) >= 11 is 0. The normalized spacial score (nSPS) is 10.8. The quantitative estimate of drug-likeness (QED) is 0.796. The van der Waals surface area contributed by atoms with Crippen molar-refractivity contribution < 1.29 is 9.21 Å². The molecule has 2 aromatic rings. The van der Waals surface area contributed by atoms with E-state index in [1.807, 2.05) is 19.1 Å². The molecule has 0 spiro atoms. The Balaban J connectivity index is 1.97. The van der Waals surface area contributed by atoms with Gasteiger partial charge in [0.25, 0.3) is 5.91 Å². The van der Waals surface area contributed by atoms with Crippen molar-refractivity contribution in [1.29, 1.82) is 0 Å². The molecule has 5 nitrogen and oxygen atoms in total. The summed E-state index contributed by atoms with van der Waals surface area (Å²) in [6, 6.07) is 5.52. The van der Waals surface area contributed by atoms with Crippen molar-refractivity contribution in [3.05, 3.63) is 29.7 Å². The van der Waals surface area contributed by atoms with Crippen LogP contribution in [0.15, 0.2) is 22.6 Å². The number of hydrogen-bond donors (Lipinski definition) is 1. The molecular formula is C16H23N3O2.